The van der Waals surface area contributed by atoms with Crippen molar-refractivity contribution in [3.63, 3.8) is 0 Å². The summed E-state index contributed by atoms with van der Waals surface area (Å²) in [5.74, 6) is 0.255. The van der Waals surface area contributed by atoms with Gasteiger partial charge in [0.15, 0.2) is 0 Å². The molecule has 0 radical (unpaired) electrons. The van der Waals surface area contributed by atoms with Crippen LogP contribution in [0.4, 0.5) is 0 Å². The lowest BCUT2D eigenvalue weighted by molar-refractivity contribution is -0.136. The Kier molecular flexibility index (Phi) is 9.61. The van der Waals surface area contributed by atoms with Gasteiger partial charge >= 0.3 is 12.0 Å². The molecule has 0 spiro atoms. The van der Waals surface area contributed by atoms with E-state index in [1.165, 1.54) is 0 Å². The van der Waals surface area contributed by atoms with E-state index in [-0.39, 0.29) is 31.0 Å². The van der Waals surface area contributed by atoms with Gasteiger partial charge in [-0.05, 0) is 60.4 Å². The SMILES string of the molecule is CCCCC(Oc1ncc(-c2ccc(Oc3ccccc3)cc2)cn1)c1ccc(C(=O)NCCC(=O)O)cc1. The number of hydrogen-bond acceptors (Lipinski definition) is 6. The molecule has 1 atom stereocenters. The molecule has 0 aliphatic carbocycles. The Hall–Kier alpha value is -4.72. The number of para-hydroxylation sites is 1. The first kappa shape index (κ1) is 27.3. The number of aromatic nitrogens is 2. The molecule has 3 aromatic carbocycles. The fourth-order valence-corrected chi connectivity index (χ4v) is 3.91. The van der Waals surface area contributed by atoms with Crippen LogP contribution >= 0.6 is 0 Å². The van der Waals surface area contributed by atoms with E-state index in [1.54, 1.807) is 24.5 Å². The van der Waals surface area contributed by atoms with Crippen molar-refractivity contribution >= 4 is 11.9 Å². The second-order valence-electron chi connectivity index (χ2n) is 8.96. The first-order valence-electron chi connectivity index (χ1n) is 12.9. The Morgan fingerprint density at radius 1 is 0.872 bits per heavy atom. The highest BCUT2D eigenvalue weighted by atomic mass is 16.5. The van der Waals surface area contributed by atoms with Crippen molar-refractivity contribution in [3.05, 3.63) is 102 Å². The molecule has 0 aliphatic heterocycles. The maximum Gasteiger partial charge on any atom is 0.316 e. The van der Waals surface area contributed by atoms with Crippen LogP contribution in [0, 0.1) is 0 Å². The Morgan fingerprint density at radius 2 is 1.54 bits per heavy atom. The van der Waals surface area contributed by atoms with E-state index in [0.29, 0.717) is 5.56 Å². The van der Waals surface area contributed by atoms with Gasteiger partial charge in [-0.15, -0.1) is 0 Å². The lowest BCUT2D eigenvalue weighted by Gasteiger charge is -2.18. The molecule has 0 saturated carbocycles. The maximum absolute atomic E-state index is 12.3. The van der Waals surface area contributed by atoms with E-state index in [2.05, 4.69) is 22.2 Å². The van der Waals surface area contributed by atoms with Crippen LogP contribution in [0.1, 0.15) is 54.6 Å². The van der Waals surface area contributed by atoms with Crippen molar-refractivity contribution in [3.8, 4) is 28.6 Å². The molecule has 1 aromatic heterocycles. The van der Waals surface area contributed by atoms with Crippen LogP contribution in [0.2, 0.25) is 0 Å². The van der Waals surface area contributed by atoms with Gasteiger partial charge in [-0.1, -0.05) is 55.8 Å². The minimum atomic E-state index is -0.955. The summed E-state index contributed by atoms with van der Waals surface area (Å²) in [5, 5.41) is 11.3. The molecule has 39 heavy (non-hydrogen) atoms. The van der Waals surface area contributed by atoms with Gasteiger partial charge in [0.05, 0.1) is 6.42 Å². The van der Waals surface area contributed by atoms with Gasteiger partial charge in [-0.2, -0.15) is 0 Å². The van der Waals surface area contributed by atoms with E-state index in [0.717, 1.165) is 47.5 Å². The average Bonchev–Trinajstić information content (AvgIpc) is 2.96. The second-order valence-corrected chi connectivity index (χ2v) is 8.96. The monoisotopic (exact) mass is 525 g/mol. The van der Waals surface area contributed by atoms with Gasteiger partial charge in [-0.25, -0.2) is 9.97 Å². The van der Waals surface area contributed by atoms with E-state index in [9.17, 15) is 9.59 Å². The Morgan fingerprint density at radius 3 is 2.18 bits per heavy atom. The number of ether oxygens (including phenoxy) is 2. The van der Waals surface area contributed by atoms with Crippen LogP contribution in [-0.4, -0.2) is 33.5 Å². The van der Waals surface area contributed by atoms with Gasteiger partial charge in [0.2, 0.25) is 0 Å². The van der Waals surface area contributed by atoms with Crippen molar-refractivity contribution in [2.45, 2.75) is 38.7 Å². The lowest BCUT2D eigenvalue weighted by Crippen LogP contribution is -2.26. The summed E-state index contributed by atoms with van der Waals surface area (Å²) in [4.78, 5) is 31.8. The Labute approximate surface area is 227 Å². The predicted octanol–water partition coefficient (Wildman–Crippen LogP) is 6.45. The Balaban J connectivity index is 1.39. The molecule has 0 saturated heterocycles. The normalized spacial score (nSPS) is 11.4. The summed E-state index contributed by atoms with van der Waals surface area (Å²) < 4.78 is 12.0. The van der Waals surface area contributed by atoms with Crippen LogP contribution in [0.3, 0.4) is 0 Å². The van der Waals surface area contributed by atoms with Gasteiger partial charge in [0.1, 0.15) is 17.6 Å². The first-order valence-corrected chi connectivity index (χ1v) is 12.9. The van der Waals surface area contributed by atoms with Crippen molar-refractivity contribution in [1.29, 1.82) is 0 Å². The molecular weight excluding hydrogens is 494 g/mol. The minimum Gasteiger partial charge on any atom is -0.481 e. The maximum atomic E-state index is 12.3. The molecule has 1 amide bonds. The zero-order valence-corrected chi connectivity index (χ0v) is 21.7. The molecule has 200 valence electrons. The highest BCUT2D eigenvalue weighted by Crippen LogP contribution is 2.28. The smallest absolute Gasteiger partial charge is 0.316 e. The number of hydrogen-bond donors (Lipinski definition) is 2. The third-order valence-corrected chi connectivity index (χ3v) is 6.03. The molecule has 0 fully saturated rings. The molecule has 1 heterocycles. The summed E-state index contributed by atoms with van der Waals surface area (Å²) in [6, 6.07) is 24.7. The fraction of sp³-hybridized carbons (Fsp3) is 0.226. The summed E-state index contributed by atoms with van der Waals surface area (Å²) in [5.41, 5.74) is 3.19. The average molecular weight is 526 g/mol. The number of carboxylic acid groups (broad SMARTS) is 1. The van der Waals surface area contributed by atoms with Crippen LogP contribution in [0.15, 0.2) is 91.3 Å². The predicted molar refractivity (Wildman–Crippen MR) is 148 cm³/mol. The Bertz CT molecular complexity index is 1340. The fourth-order valence-electron chi connectivity index (χ4n) is 3.91. The zero-order chi connectivity index (χ0) is 27.5. The number of benzene rings is 3. The zero-order valence-electron chi connectivity index (χ0n) is 21.7. The molecule has 8 nitrogen and oxygen atoms in total. The van der Waals surface area contributed by atoms with E-state index in [4.69, 9.17) is 14.6 Å². The van der Waals surface area contributed by atoms with Crippen LogP contribution in [-0.2, 0) is 4.79 Å². The number of nitrogens with zero attached hydrogens (tertiary/aromatic N) is 2. The lowest BCUT2D eigenvalue weighted by atomic mass is 10.0. The minimum absolute atomic E-state index is 0.0805. The number of unbranched alkanes of at least 4 members (excludes halogenated alkanes) is 1. The summed E-state index contributed by atoms with van der Waals surface area (Å²) in [6.45, 7) is 2.19. The third kappa shape index (κ3) is 8.13. The number of amides is 1. The molecule has 4 rings (SSSR count). The largest absolute Gasteiger partial charge is 0.481 e. The standard InChI is InChI=1S/C31H31N3O5/c1-2-3-9-28(23-10-12-24(13-11-23)30(37)32-19-18-29(35)36)39-31-33-20-25(21-34-31)22-14-16-27(17-15-22)38-26-7-5-4-6-8-26/h4-8,10-17,20-21,28H,2-3,9,18-19H2,1H3,(H,32,37)(H,35,36). The highest BCUT2D eigenvalue weighted by molar-refractivity contribution is 5.94. The quantitative estimate of drug-likeness (QED) is 0.206. The third-order valence-electron chi connectivity index (χ3n) is 6.03. The molecule has 1 unspecified atom stereocenters. The van der Waals surface area contributed by atoms with E-state index >= 15 is 0 Å². The molecule has 0 bridgehead atoms. The molecule has 0 aliphatic rings. The van der Waals surface area contributed by atoms with Crippen LogP contribution in [0.5, 0.6) is 17.5 Å². The summed E-state index contributed by atoms with van der Waals surface area (Å²) in [7, 11) is 0. The molecular formula is C31H31N3O5. The van der Waals surface area contributed by atoms with Gasteiger partial charge in [0.25, 0.3) is 5.91 Å². The number of rotatable bonds is 13. The molecule has 8 heteroatoms. The second kappa shape index (κ2) is 13.7. The molecule has 2 N–H and O–H groups in total. The summed E-state index contributed by atoms with van der Waals surface area (Å²) >= 11 is 0. The van der Waals surface area contributed by atoms with Crippen molar-refractivity contribution in [2.24, 2.45) is 0 Å². The van der Waals surface area contributed by atoms with E-state index < -0.39 is 5.97 Å². The molecule has 4 aromatic rings. The number of nitrogens with one attached hydrogen (secondary N) is 1. The number of carbonyl (C=O) groups excluding carboxylic acids is 1. The summed E-state index contributed by atoms with van der Waals surface area (Å²) in [6.07, 6.45) is 5.81. The highest BCUT2D eigenvalue weighted by Gasteiger charge is 2.16. The number of carboxylic acids is 1. The van der Waals surface area contributed by atoms with Gasteiger partial charge in [0, 0.05) is 30.1 Å². The van der Waals surface area contributed by atoms with E-state index in [1.807, 2.05) is 66.7 Å². The first-order chi connectivity index (χ1) is 19.0. The topological polar surface area (TPSA) is 111 Å². The number of aliphatic carboxylic acids is 1. The van der Waals surface area contributed by atoms with Gasteiger partial charge < -0.3 is 19.9 Å². The van der Waals surface area contributed by atoms with Crippen molar-refractivity contribution in [2.75, 3.05) is 6.54 Å². The van der Waals surface area contributed by atoms with Gasteiger partial charge in [-0.3, -0.25) is 9.59 Å². The van der Waals surface area contributed by atoms with Crippen LogP contribution in [0.25, 0.3) is 11.1 Å². The van der Waals surface area contributed by atoms with Crippen molar-refractivity contribution in [1.82, 2.24) is 15.3 Å². The number of carbonyl (C=O) groups is 2. The van der Waals surface area contributed by atoms with Crippen molar-refractivity contribution < 1.29 is 24.2 Å². The van der Waals surface area contributed by atoms with Crippen LogP contribution < -0.4 is 14.8 Å².